The van der Waals surface area contributed by atoms with E-state index in [1.54, 1.807) is 6.07 Å². The molecule has 0 N–H and O–H groups in total. The van der Waals surface area contributed by atoms with E-state index in [-0.39, 0.29) is 5.78 Å². The van der Waals surface area contributed by atoms with Gasteiger partial charge in [0.15, 0.2) is 5.65 Å². The van der Waals surface area contributed by atoms with Gasteiger partial charge in [0.1, 0.15) is 16.9 Å². The minimum Gasteiger partial charge on any atom is -0.287 e. The standard InChI is InChI=1S/C15H8BrN3O/c1-7-10(16)6-11-15(17-7)19-12-8-4-2-3-5-9(8)14(20)13(12)18-11/h2-6H,1H3. The molecule has 3 aromatic rings. The van der Waals surface area contributed by atoms with Crippen LogP contribution in [0.15, 0.2) is 34.8 Å². The average molecular weight is 326 g/mol. The molecule has 2 aromatic heterocycles. The lowest BCUT2D eigenvalue weighted by Gasteiger charge is -2.03. The van der Waals surface area contributed by atoms with Crippen LogP contribution in [0, 0.1) is 6.92 Å². The molecule has 0 bridgehead atoms. The Kier molecular flexibility index (Phi) is 2.29. The van der Waals surface area contributed by atoms with Crippen LogP contribution in [0.4, 0.5) is 0 Å². The number of nitrogens with zero attached hydrogens (tertiary/aromatic N) is 3. The van der Waals surface area contributed by atoms with Crippen LogP contribution < -0.4 is 0 Å². The average Bonchev–Trinajstić information content (AvgIpc) is 2.72. The Bertz CT molecular complexity index is 905. The van der Waals surface area contributed by atoms with Crippen molar-refractivity contribution in [2.75, 3.05) is 0 Å². The highest BCUT2D eigenvalue weighted by Gasteiger charge is 2.29. The Morgan fingerprint density at radius 2 is 1.75 bits per heavy atom. The van der Waals surface area contributed by atoms with Gasteiger partial charge in [-0.25, -0.2) is 15.0 Å². The highest BCUT2D eigenvalue weighted by molar-refractivity contribution is 9.10. The minimum atomic E-state index is -0.0679. The number of carbonyl (C=O) groups is 1. The van der Waals surface area contributed by atoms with Gasteiger partial charge in [-0.3, -0.25) is 4.79 Å². The van der Waals surface area contributed by atoms with Gasteiger partial charge in [-0.2, -0.15) is 0 Å². The van der Waals surface area contributed by atoms with Crippen LogP contribution in [0.1, 0.15) is 21.7 Å². The zero-order valence-electron chi connectivity index (χ0n) is 10.5. The van der Waals surface area contributed by atoms with Crippen LogP contribution in [0.5, 0.6) is 0 Å². The third-order valence-electron chi connectivity index (χ3n) is 3.43. The second-order valence-electron chi connectivity index (χ2n) is 4.69. The first kappa shape index (κ1) is 11.7. The maximum Gasteiger partial charge on any atom is 0.214 e. The topological polar surface area (TPSA) is 55.7 Å². The second-order valence-corrected chi connectivity index (χ2v) is 5.55. The molecule has 2 heterocycles. The number of pyridine rings is 1. The lowest BCUT2D eigenvalue weighted by atomic mass is 10.1. The smallest absolute Gasteiger partial charge is 0.214 e. The van der Waals surface area contributed by atoms with Gasteiger partial charge in [0.05, 0.1) is 5.69 Å². The van der Waals surface area contributed by atoms with Crippen LogP contribution in [-0.2, 0) is 0 Å². The van der Waals surface area contributed by atoms with Gasteiger partial charge in [-0.1, -0.05) is 24.3 Å². The van der Waals surface area contributed by atoms with Gasteiger partial charge in [0.2, 0.25) is 5.78 Å². The number of benzene rings is 1. The van der Waals surface area contributed by atoms with Crippen LogP contribution in [-0.4, -0.2) is 20.7 Å². The monoisotopic (exact) mass is 325 g/mol. The van der Waals surface area contributed by atoms with Crippen molar-refractivity contribution in [3.05, 3.63) is 51.8 Å². The van der Waals surface area contributed by atoms with Crippen LogP contribution in [0.3, 0.4) is 0 Å². The van der Waals surface area contributed by atoms with E-state index in [2.05, 4.69) is 30.9 Å². The van der Waals surface area contributed by atoms with E-state index in [0.29, 0.717) is 28.1 Å². The molecule has 1 aliphatic rings. The summed E-state index contributed by atoms with van der Waals surface area (Å²) >= 11 is 3.43. The first-order valence-electron chi connectivity index (χ1n) is 6.14. The van der Waals surface area contributed by atoms with Gasteiger partial charge < -0.3 is 0 Å². The van der Waals surface area contributed by atoms with Crippen molar-refractivity contribution < 1.29 is 4.79 Å². The summed E-state index contributed by atoms with van der Waals surface area (Å²) in [6.45, 7) is 1.90. The molecule has 0 aliphatic heterocycles. The molecule has 0 saturated heterocycles. The number of fused-ring (bicyclic) bond motifs is 4. The Morgan fingerprint density at radius 1 is 1.00 bits per heavy atom. The molecule has 1 aliphatic carbocycles. The highest BCUT2D eigenvalue weighted by Crippen LogP contribution is 2.35. The SMILES string of the molecule is Cc1nc2nc3c(nc2cc1Br)C(=O)c1ccccc1-3. The lowest BCUT2D eigenvalue weighted by molar-refractivity contribution is 0.103. The maximum absolute atomic E-state index is 12.3. The zero-order valence-corrected chi connectivity index (χ0v) is 12.1. The highest BCUT2D eigenvalue weighted by atomic mass is 79.9. The summed E-state index contributed by atoms with van der Waals surface area (Å²) in [4.78, 5) is 25.8. The predicted octanol–water partition coefficient (Wildman–Crippen LogP) is 3.31. The Balaban J connectivity index is 2.10. The summed E-state index contributed by atoms with van der Waals surface area (Å²) in [6.07, 6.45) is 0. The van der Waals surface area contributed by atoms with E-state index in [0.717, 1.165) is 15.7 Å². The van der Waals surface area contributed by atoms with Crippen molar-refractivity contribution >= 4 is 32.9 Å². The molecule has 0 saturated carbocycles. The van der Waals surface area contributed by atoms with Crippen molar-refractivity contribution in [2.45, 2.75) is 6.92 Å². The molecule has 0 atom stereocenters. The predicted molar refractivity (Wildman–Crippen MR) is 78.6 cm³/mol. The molecule has 0 radical (unpaired) electrons. The van der Waals surface area contributed by atoms with E-state index in [4.69, 9.17) is 0 Å². The minimum absolute atomic E-state index is 0.0679. The first-order chi connectivity index (χ1) is 9.65. The molecule has 0 spiro atoms. The van der Waals surface area contributed by atoms with Gasteiger partial charge in [-0.15, -0.1) is 0 Å². The number of rotatable bonds is 0. The van der Waals surface area contributed by atoms with E-state index in [1.807, 2.05) is 31.2 Å². The summed E-state index contributed by atoms with van der Waals surface area (Å²) in [5.74, 6) is -0.0679. The van der Waals surface area contributed by atoms with Crippen molar-refractivity contribution in [3.63, 3.8) is 0 Å². The largest absolute Gasteiger partial charge is 0.287 e. The molecule has 0 amide bonds. The number of ketones is 1. The molecular formula is C15H8BrN3O. The molecule has 0 fully saturated rings. The fourth-order valence-electron chi connectivity index (χ4n) is 2.42. The zero-order chi connectivity index (χ0) is 13.9. The van der Waals surface area contributed by atoms with Crippen molar-refractivity contribution in [2.24, 2.45) is 0 Å². The van der Waals surface area contributed by atoms with E-state index < -0.39 is 0 Å². The summed E-state index contributed by atoms with van der Waals surface area (Å²) in [6, 6.07) is 9.29. The fourth-order valence-corrected chi connectivity index (χ4v) is 2.72. The maximum atomic E-state index is 12.3. The summed E-state index contributed by atoms with van der Waals surface area (Å²) in [5.41, 5.74) is 4.59. The van der Waals surface area contributed by atoms with Gasteiger partial charge >= 0.3 is 0 Å². The molecule has 96 valence electrons. The third kappa shape index (κ3) is 1.47. The first-order valence-corrected chi connectivity index (χ1v) is 6.93. The van der Waals surface area contributed by atoms with E-state index >= 15 is 0 Å². The normalized spacial score (nSPS) is 12.6. The molecule has 5 heteroatoms. The number of hydrogen-bond donors (Lipinski definition) is 0. The Labute approximate surface area is 123 Å². The number of aromatic nitrogens is 3. The second kappa shape index (κ2) is 3.93. The van der Waals surface area contributed by atoms with Gasteiger partial charge in [0.25, 0.3) is 0 Å². The van der Waals surface area contributed by atoms with Gasteiger partial charge in [-0.05, 0) is 28.9 Å². The summed E-state index contributed by atoms with van der Waals surface area (Å²) in [7, 11) is 0. The number of aryl methyl sites for hydroxylation is 1. The quantitative estimate of drug-likeness (QED) is 0.497. The Hall–Kier alpha value is -2.14. The van der Waals surface area contributed by atoms with Crippen LogP contribution >= 0.6 is 15.9 Å². The number of carbonyl (C=O) groups excluding carboxylic acids is 1. The number of halogens is 1. The van der Waals surface area contributed by atoms with Crippen LogP contribution in [0.2, 0.25) is 0 Å². The lowest BCUT2D eigenvalue weighted by Crippen LogP contribution is -2.01. The van der Waals surface area contributed by atoms with Crippen LogP contribution in [0.25, 0.3) is 22.4 Å². The Morgan fingerprint density at radius 3 is 2.55 bits per heavy atom. The molecule has 20 heavy (non-hydrogen) atoms. The number of hydrogen-bond acceptors (Lipinski definition) is 4. The summed E-state index contributed by atoms with van der Waals surface area (Å²) < 4.78 is 0.863. The molecule has 4 rings (SSSR count). The molecule has 0 unspecified atom stereocenters. The van der Waals surface area contributed by atoms with Crippen molar-refractivity contribution in [1.82, 2.24) is 15.0 Å². The third-order valence-corrected chi connectivity index (χ3v) is 4.23. The van der Waals surface area contributed by atoms with E-state index in [9.17, 15) is 4.79 Å². The van der Waals surface area contributed by atoms with Crippen molar-refractivity contribution in [1.29, 1.82) is 0 Å². The molecular weight excluding hydrogens is 318 g/mol. The molecule has 4 nitrogen and oxygen atoms in total. The van der Waals surface area contributed by atoms with Gasteiger partial charge in [0, 0.05) is 15.6 Å². The fraction of sp³-hybridized carbons (Fsp3) is 0.0667. The van der Waals surface area contributed by atoms with E-state index in [1.165, 1.54) is 0 Å². The summed E-state index contributed by atoms with van der Waals surface area (Å²) in [5, 5.41) is 0. The van der Waals surface area contributed by atoms with Crippen molar-refractivity contribution in [3.8, 4) is 11.3 Å². The molecule has 1 aromatic carbocycles.